The molecule has 0 saturated carbocycles. The molecule has 4 heterocycles. The van der Waals surface area contributed by atoms with Crippen LogP contribution in [0, 0.1) is 6.92 Å². The van der Waals surface area contributed by atoms with Gasteiger partial charge in [0.15, 0.2) is 0 Å². The van der Waals surface area contributed by atoms with Crippen molar-refractivity contribution in [2.24, 2.45) is 0 Å². The minimum atomic E-state index is 1.36. The number of thiophene rings is 4. The molecule has 4 heteroatoms. The van der Waals surface area contributed by atoms with Crippen LogP contribution >= 0.6 is 45.3 Å². The molecule has 0 amide bonds. The Hall–Kier alpha value is -1.20. The summed E-state index contributed by atoms with van der Waals surface area (Å²) >= 11 is 7.33. The van der Waals surface area contributed by atoms with Crippen LogP contribution in [-0.2, 0) is 0 Å². The van der Waals surface area contributed by atoms with Crippen LogP contribution in [0.3, 0.4) is 0 Å². The van der Waals surface area contributed by atoms with Crippen molar-refractivity contribution in [3.63, 3.8) is 0 Å². The first-order valence-electron chi connectivity index (χ1n) is 6.58. The molecule has 4 rings (SSSR count). The van der Waals surface area contributed by atoms with E-state index in [1.165, 1.54) is 36.2 Å². The molecule has 0 aromatic carbocycles. The lowest BCUT2D eigenvalue weighted by Gasteiger charge is -2.04. The van der Waals surface area contributed by atoms with E-state index in [0.717, 1.165) is 0 Å². The third-order valence-electron chi connectivity index (χ3n) is 3.43. The minimum absolute atomic E-state index is 1.36. The Morgan fingerprint density at radius 2 is 1.29 bits per heavy atom. The molecule has 0 aliphatic heterocycles. The Morgan fingerprint density at radius 3 is 1.95 bits per heavy atom. The van der Waals surface area contributed by atoms with E-state index < -0.39 is 0 Å². The summed E-state index contributed by atoms with van der Waals surface area (Å²) in [4.78, 5) is 5.55. The van der Waals surface area contributed by atoms with E-state index in [2.05, 4.69) is 58.8 Å². The minimum Gasteiger partial charge on any atom is -0.143 e. The molecule has 0 fully saturated rings. The quantitative estimate of drug-likeness (QED) is 0.367. The Labute approximate surface area is 140 Å². The van der Waals surface area contributed by atoms with Crippen molar-refractivity contribution in [2.45, 2.75) is 6.92 Å². The fourth-order valence-electron chi connectivity index (χ4n) is 2.43. The average molecular weight is 345 g/mol. The van der Waals surface area contributed by atoms with Crippen LogP contribution in [0.4, 0.5) is 0 Å². The fraction of sp³-hybridized carbons (Fsp3) is 0.0588. The Morgan fingerprint density at radius 1 is 0.619 bits per heavy atom. The molecule has 0 radical (unpaired) electrons. The van der Waals surface area contributed by atoms with Crippen LogP contribution in [0.2, 0.25) is 0 Å². The van der Waals surface area contributed by atoms with Gasteiger partial charge in [-0.25, -0.2) is 0 Å². The third kappa shape index (κ3) is 2.32. The Bertz CT molecular complexity index is 858. The molecule has 21 heavy (non-hydrogen) atoms. The molecular formula is C17H12S4. The summed E-state index contributed by atoms with van der Waals surface area (Å²) in [6.07, 6.45) is 0. The highest BCUT2D eigenvalue weighted by Gasteiger charge is 2.17. The first-order chi connectivity index (χ1) is 10.3. The van der Waals surface area contributed by atoms with Gasteiger partial charge in [-0.3, -0.25) is 0 Å². The van der Waals surface area contributed by atoms with E-state index in [4.69, 9.17) is 0 Å². The summed E-state index contributed by atoms with van der Waals surface area (Å²) in [6.45, 7) is 2.20. The average Bonchev–Trinajstić information content (AvgIpc) is 3.25. The molecule has 0 nitrogen and oxygen atoms in total. The maximum atomic E-state index is 2.26. The van der Waals surface area contributed by atoms with Gasteiger partial charge in [0, 0.05) is 25.8 Å². The Balaban J connectivity index is 1.89. The molecule has 0 aliphatic carbocycles. The zero-order chi connectivity index (χ0) is 14.2. The second-order valence-electron chi connectivity index (χ2n) is 4.74. The first-order valence-corrected chi connectivity index (χ1v) is 10.1. The van der Waals surface area contributed by atoms with E-state index in [9.17, 15) is 0 Å². The van der Waals surface area contributed by atoms with Crippen molar-refractivity contribution in [3.05, 3.63) is 57.4 Å². The van der Waals surface area contributed by atoms with Gasteiger partial charge in [-0.05, 0) is 58.3 Å². The van der Waals surface area contributed by atoms with Gasteiger partial charge < -0.3 is 0 Å². The zero-order valence-corrected chi connectivity index (χ0v) is 14.6. The molecule has 0 unspecified atom stereocenters. The molecule has 4 aromatic rings. The highest BCUT2D eigenvalue weighted by Crippen LogP contribution is 2.46. The number of rotatable bonds is 3. The van der Waals surface area contributed by atoms with Gasteiger partial charge >= 0.3 is 0 Å². The second-order valence-corrected chi connectivity index (χ2v) is 8.43. The van der Waals surface area contributed by atoms with Crippen molar-refractivity contribution in [1.29, 1.82) is 0 Å². The van der Waals surface area contributed by atoms with Crippen molar-refractivity contribution in [1.82, 2.24) is 0 Å². The molecule has 0 N–H and O–H groups in total. The van der Waals surface area contributed by atoms with Gasteiger partial charge in [0.25, 0.3) is 0 Å². The number of hydrogen-bond donors (Lipinski definition) is 0. The highest BCUT2D eigenvalue weighted by atomic mass is 32.1. The lowest BCUT2D eigenvalue weighted by Crippen LogP contribution is -1.78. The fourth-order valence-corrected chi connectivity index (χ4v) is 6.24. The summed E-state index contributed by atoms with van der Waals surface area (Å²) in [5.41, 5.74) is 4.12. The Kier molecular flexibility index (Phi) is 3.55. The highest BCUT2D eigenvalue weighted by molar-refractivity contribution is 7.21. The summed E-state index contributed by atoms with van der Waals surface area (Å²) in [5.74, 6) is 0. The van der Waals surface area contributed by atoms with Gasteiger partial charge in [-0.15, -0.1) is 45.3 Å². The largest absolute Gasteiger partial charge is 0.143 e. The molecule has 0 bridgehead atoms. The van der Waals surface area contributed by atoms with E-state index in [-0.39, 0.29) is 0 Å². The molecule has 0 aliphatic rings. The smallest absolute Gasteiger partial charge is 0.0529 e. The summed E-state index contributed by atoms with van der Waals surface area (Å²) in [6, 6.07) is 11.1. The van der Waals surface area contributed by atoms with Crippen molar-refractivity contribution in [3.8, 4) is 30.6 Å². The van der Waals surface area contributed by atoms with Crippen molar-refractivity contribution >= 4 is 45.3 Å². The molecule has 0 atom stereocenters. The predicted octanol–water partition coefficient (Wildman–Crippen LogP) is 7.24. The SMILES string of the molecule is Cc1ccsc1-c1ccsc1-c1ccsc1-c1cccs1. The molecule has 0 spiro atoms. The normalized spacial score (nSPS) is 11.1. The van der Waals surface area contributed by atoms with Crippen LogP contribution in [0.25, 0.3) is 30.6 Å². The molecule has 0 saturated heterocycles. The topological polar surface area (TPSA) is 0 Å². The van der Waals surface area contributed by atoms with Crippen LogP contribution in [0.5, 0.6) is 0 Å². The first kappa shape index (κ1) is 13.5. The second kappa shape index (κ2) is 5.54. The predicted molar refractivity (Wildman–Crippen MR) is 99.0 cm³/mol. The summed E-state index contributed by atoms with van der Waals surface area (Å²) in [5, 5.41) is 8.74. The van der Waals surface area contributed by atoms with Crippen molar-refractivity contribution < 1.29 is 0 Å². The maximum Gasteiger partial charge on any atom is 0.0529 e. The number of hydrogen-bond acceptors (Lipinski definition) is 4. The lowest BCUT2D eigenvalue weighted by atomic mass is 10.1. The van der Waals surface area contributed by atoms with Crippen LogP contribution in [0.1, 0.15) is 5.56 Å². The summed E-state index contributed by atoms with van der Waals surface area (Å²) in [7, 11) is 0. The third-order valence-corrected chi connectivity index (χ3v) is 7.39. The van der Waals surface area contributed by atoms with Crippen LogP contribution < -0.4 is 0 Å². The van der Waals surface area contributed by atoms with E-state index >= 15 is 0 Å². The van der Waals surface area contributed by atoms with Crippen LogP contribution in [-0.4, -0.2) is 0 Å². The van der Waals surface area contributed by atoms with Gasteiger partial charge in [-0.2, -0.15) is 0 Å². The van der Waals surface area contributed by atoms with Gasteiger partial charge in [0.2, 0.25) is 0 Å². The monoisotopic (exact) mass is 344 g/mol. The van der Waals surface area contributed by atoms with E-state index in [1.807, 2.05) is 45.3 Å². The molecule has 104 valence electrons. The van der Waals surface area contributed by atoms with E-state index in [1.54, 1.807) is 0 Å². The van der Waals surface area contributed by atoms with Gasteiger partial charge in [0.05, 0.1) is 4.88 Å². The standard InChI is InChI=1S/C17H12S4/c1-11-4-8-19-15(11)12-5-9-20-16(12)13-6-10-21-17(13)14-3-2-7-18-14/h2-10H,1H3. The number of aryl methyl sites for hydroxylation is 1. The van der Waals surface area contributed by atoms with Crippen molar-refractivity contribution in [2.75, 3.05) is 0 Å². The summed E-state index contributed by atoms with van der Waals surface area (Å²) < 4.78 is 0. The molecule has 4 aromatic heterocycles. The zero-order valence-electron chi connectivity index (χ0n) is 11.3. The van der Waals surface area contributed by atoms with E-state index in [0.29, 0.717) is 0 Å². The lowest BCUT2D eigenvalue weighted by molar-refractivity contribution is 1.55. The van der Waals surface area contributed by atoms with Gasteiger partial charge in [-0.1, -0.05) is 6.07 Å². The molecular weight excluding hydrogens is 332 g/mol. The van der Waals surface area contributed by atoms with Crippen LogP contribution in [0.15, 0.2) is 51.9 Å². The maximum absolute atomic E-state index is 2.26. The van der Waals surface area contributed by atoms with Gasteiger partial charge in [0.1, 0.15) is 0 Å².